The normalized spacial score (nSPS) is 13.3. The van der Waals surface area contributed by atoms with Gasteiger partial charge in [-0.1, -0.05) is 31.2 Å². The molecule has 0 saturated carbocycles. The van der Waals surface area contributed by atoms with Gasteiger partial charge in [-0.05, 0) is 59.7 Å². The summed E-state index contributed by atoms with van der Waals surface area (Å²) in [5, 5.41) is 3.22. The number of hydrogen-bond acceptors (Lipinski definition) is 9. The number of nitrogens with zero attached hydrogens (tertiary/aromatic N) is 4. The van der Waals surface area contributed by atoms with Gasteiger partial charge in [0, 0.05) is 68.2 Å². The average Bonchev–Trinajstić information content (AvgIpc) is 3.05. The number of carbonyl (C=O) groups is 2. The van der Waals surface area contributed by atoms with Gasteiger partial charge in [0.2, 0.25) is 5.95 Å². The Hall–Kier alpha value is -4.97. The molecule has 1 aliphatic rings. The number of nitrogens with one attached hydrogen (secondary N) is 1. The minimum absolute atomic E-state index is 0.0540. The number of benzene rings is 3. The molecule has 5 rings (SSSR count). The average molecular weight is 634 g/mol. The van der Waals surface area contributed by atoms with Crippen molar-refractivity contribution in [2.45, 2.75) is 32.5 Å². The number of Topliss-reactive ketones (excluding diaryl/α,β-unsaturated/α-hetero) is 2. The lowest BCUT2D eigenvalue weighted by Gasteiger charge is -2.30. The van der Waals surface area contributed by atoms with E-state index in [2.05, 4.69) is 24.9 Å². The van der Waals surface area contributed by atoms with Crippen LogP contribution in [-0.2, 0) is 22.4 Å². The van der Waals surface area contributed by atoms with Crippen molar-refractivity contribution in [3.8, 4) is 5.75 Å². The highest BCUT2D eigenvalue weighted by atomic mass is 19.4. The lowest BCUT2D eigenvalue weighted by Crippen LogP contribution is -2.37. The van der Waals surface area contributed by atoms with Gasteiger partial charge in [0.25, 0.3) is 0 Å². The van der Waals surface area contributed by atoms with Crippen LogP contribution in [0.2, 0.25) is 0 Å². The number of carbonyl (C=O) groups excluding carboxylic acids is 2. The predicted molar refractivity (Wildman–Crippen MR) is 169 cm³/mol. The SMILES string of the molecule is CCC(=O)c1cc(Nc2nccc(N(C)c3ccc(CC(=O)Cc4ccc(OC(F)(F)F)cc4)cc3)n2)ccc1N1CCOCC1. The Balaban J connectivity index is 1.21. The van der Waals surface area contributed by atoms with E-state index in [0.717, 1.165) is 30.0 Å². The van der Waals surface area contributed by atoms with Gasteiger partial charge in [-0.25, -0.2) is 4.98 Å². The van der Waals surface area contributed by atoms with Crippen LogP contribution in [0.4, 0.5) is 42.0 Å². The number of ketones is 2. The molecule has 0 spiro atoms. The van der Waals surface area contributed by atoms with Crippen molar-refractivity contribution in [3.05, 3.63) is 95.7 Å². The molecule has 0 radical (unpaired) electrons. The first-order valence-corrected chi connectivity index (χ1v) is 14.9. The summed E-state index contributed by atoms with van der Waals surface area (Å²) in [4.78, 5) is 38.5. The largest absolute Gasteiger partial charge is 0.573 e. The van der Waals surface area contributed by atoms with Crippen LogP contribution in [0.5, 0.6) is 5.75 Å². The fraction of sp³-hybridized carbons (Fsp3) is 0.294. The minimum atomic E-state index is -4.76. The summed E-state index contributed by atoms with van der Waals surface area (Å²) in [6.45, 7) is 4.56. The lowest BCUT2D eigenvalue weighted by atomic mass is 10.0. The number of rotatable bonds is 12. The molecule has 1 saturated heterocycles. The van der Waals surface area contributed by atoms with Gasteiger partial charge in [0.15, 0.2) is 5.78 Å². The van der Waals surface area contributed by atoms with E-state index in [1.54, 1.807) is 12.3 Å². The van der Waals surface area contributed by atoms with Gasteiger partial charge in [0.1, 0.15) is 17.4 Å². The molecule has 4 aromatic rings. The Morgan fingerprint density at radius 3 is 2.24 bits per heavy atom. The van der Waals surface area contributed by atoms with Crippen LogP contribution in [-0.4, -0.2) is 61.2 Å². The molecular weight excluding hydrogens is 599 g/mol. The lowest BCUT2D eigenvalue weighted by molar-refractivity contribution is -0.274. The molecule has 1 N–H and O–H groups in total. The molecule has 2 heterocycles. The smallest absolute Gasteiger partial charge is 0.406 e. The van der Waals surface area contributed by atoms with E-state index in [0.29, 0.717) is 48.2 Å². The maximum absolute atomic E-state index is 12.8. The molecule has 3 aromatic carbocycles. The zero-order valence-electron chi connectivity index (χ0n) is 25.5. The summed E-state index contributed by atoms with van der Waals surface area (Å²) >= 11 is 0. The van der Waals surface area contributed by atoms with Gasteiger partial charge in [0.05, 0.1) is 13.2 Å². The van der Waals surface area contributed by atoms with Crippen molar-refractivity contribution in [2.24, 2.45) is 0 Å². The minimum Gasteiger partial charge on any atom is -0.406 e. The summed E-state index contributed by atoms with van der Waals surface area (Å²) in [7, 11) is 1.87. The van der Waals surface area contributed by atoms with Gasteiger partial charge >= 0.3 is 6.36 Å². The van der Waals surface area contributed by atoms with Crippen LogP contribution in [0.1, 0.15) is 34.8 Å². The monoisotopic (exact) mass is 633 g/mol. The molecule has 240 valence electrons. The van der Waals surface area contributed by atoms with E-state index in [9.17, 15) is 22.8 Å². The summed E-state index contributed by atoms with van der Waals surface area (Å²) in [5.41, 5.74) is 4.50. The molecule has 0 aliphatic carbocycles. The van der Waals surface area contributed by atoms with Crippen LogP contribution >= 0.6 is 0 Å². The van der Waals surface area contributed by atoms with E-state index in [-0.39, 0.29) is 30.2 Å². The van der Waals surface area contributed by atoms with Crippen molar-refractivity contribution in [3.63, 3.8) is 0 Å². The summed E-state index contributed by atoms with van der Waals surface area (Å²) in [6, 6.07) is 20.2. The van der Waals surface area contributed by atoms with Gasteiger partial charge in [-0.15, -0.1) is 13.2 Å². The molecule has 0 bridgehead atoms. The number of aromatic nitrogens is 2. The third kappa shape index (κ3) is 8.60. The molecular formula is C34H34F3N5O4. The number of halogens is 3. The predicted octanol–water partition coefficient (Wildman–Crippen LogP) is 6.67. The number of ether oxygens (including phenoxy) is 2. The Labute approximate surface area is 265 Å². The highest BCUT2D eigenvalue weighted by molar-refractivity contribution is 6.02. The molecule has 0 amide bonds. The van der Waals surface area contributed by atoms with Gasteiger partial charge < -0.3 is 24.6 Å². The van der Waals surface area contributed by atoms with E-state index in [4.69, 9.17) is 4.74 Å². The van der Waals surface area contributed by atoms with Crippen molar-refractivity contribution < 1.29 is 32.2 Å². The standard InChI is InChI=1S/C34H34F3N5O4/c1-3-31(44)29-22-25(8-13-30(29)42-16-18-45-19-17-42)39-33-38-15-14-32(40-33)41(2)26-9-4-23(5-10-26)20-27(43)21-24-6-11-28(12-7-24)46-34(35,36)37/h4-15,22H,3,16-21H2,1-2H3,(H,38,39,40). The van der Waals surface area contributed by atoms with Crippen LogP contribution < -0.4 is 19.9 Å². The zero-order valence-corrected chi connectivity index (χ0v) is 25.5. The van der Waals surface area contributed by atoms with Gasteiger partial charge in [-0.3, -0.25) is 9.59 Å². The third-order valence-electron chi connectivity index (χ3n) is 7.49. The third-order valence-corrected chi connectivity index (χ3v) is 7.49. The van der Waals surface area contributed by atoms with Crippen LogP contribution in [0, 0.1) is 0 Å². The fourth-order valence-electron chi connectivity index (χ4n) is 5.13. The number of anilines is 5. The summed E-state index contributed by atoms with van der Waals surface area (Å²) in [5.74, 6) is 0.663. The zero-order chi connectivity index (χ0) is 32.7. The summed E-state index contributed by atoms with van der Waals surface area (Å²) in [6.07, 6.45) is -2.45. The topological polar surface area (TPSA) is 96.9 Å². The van der Waals surface area contributed by atoms with E-state index in [1.807, 2.05) is 61.3 Å². The fourth-order valence-corrected chi connectivity index (χ4v) is 5.13. The molecule has 1 aliphatic heterocycles. The quantitative estimate of drug-likeness (QED) is 0.172. The molecule has 9 nitrogen and oxygen atoms in total. The Morgan fingerprint density at radius 2 is 1.61 bits per heavy atom. The molecule has 0 atom stereocenters. The molecule has 0 unspecified atom stereocenters. The van der Waals surface area contributed by atoms with Gasteiger partial charge in [-0.2, -0.15) is 4.98 Å². The summed E-state index contributed by atoms with van der Waals surface area (Å²) < 4.78 is 46.5. The highest BCUT2D eigenvalue weighted by Gasteiger charge is 2.31. The second-order valence-corrected chi connectivity index (χ2v) is 10.8. The molecule has 12 heteroatoms. The molecule has 1 aromatic heterocycles. The second kappa shape index (κ2) is 14.4. The van der Waals surface area contributed by atoms with Crippen LogP contribution in [0.25, 0.3) is 0 Å². The number of hydrogen-bond donors (Lipinski definition) is 1. The van der Waals surface area contributed by atoms with Crippen molar-refractivity contribution >= 4 is 40.4 Å². The number of alkyl halides is 3. The van der Waals surface area contributed by atoms with Crippen LogP contribution in [0.15, 0.2) is 79.0 Å². The van der Waals surface area contributed by atoms with Crippen molar-refractivity contribution in [1.29, 1.82) is 0 Å². The maximum Gasteiger partial charge on any atom is 0.573 e. The van der Waals surface area contributed by atoms with Crippen molar-refractivity contribution in [1.82, 2.24) is 9.97 Å². The van der Waals surface area contributed by atoms with Crippen LogP contribution in [0.3, 0.4) is 0 Å². The van der Waals surface area contributed by atoms with E-state index in [1.165, 1.54) is 24.3 Å². The highest BCUT2D eigenvalue weighted by Crippen LogP contribution is 2.29. The van der Waals surface area contributed by atoms with E-state index < -0.39 is 6.36 Å². The molecule has 46 heavy (non-hydrogen) atoms. The Morgan fingerprint density at radius 1 is 0.957 bits per heavy atom. The van der Waals surface area contributed by atoms with E-state index >= 15 is 0 Å². The first-order chi connectivity index (χ1) is 22.1. The Bertz CT molecular complexity index is 1660. The first kappa shape index (κ1) is 32.4. The van der Waals surface area contributed by atoms with Crippen molar-refractivity contribution in [2.75, 3.05) is 48.5 Å². The maximum atomic E-state index is 12.8. The second-order valence-electron chi connectivity index (χ2n) is 10.8. The number of morpholine rings is 1. The molecule has 1 fully saturated rings. The Kier molecular flexibility index (Phi) is 10.2. The first-order valence-electron chi connectivity index (χ1n) is 14.9.